The van der Waals surface area contributed by atoms with Gasteiger partial charge in [0.15, 0.2) is 11.7 Å². The minimum absolute atomic E-state index is 0.304. The normalized spacial score (nSPS) is 18.8. The Kier molecular flexibility index (Phi) is 3.70. The summed E-state index contributed by atoms with van der Waals surface area (Å²) in [6, 6.07) is 11.2. The molecule has 2 aromatic carbocycles. The Morgan fingerprint density at radius 1 is 1.17 bits per heavy atom. The van der Waals surface area contributed by atoms with Crippen molar-refractivity contribution in [1.29, 1.82) is 0 Å². The second-order valence-corrected chi connectivity index (χ2v) is 5.49. The third-order valence-electron chi connectivity index (χ3n) is 3.76. The Hall–Kier alpha value is -2.95. The number of fused-ring (bicyclic) bond motifs is 1. The Bertz CT molecular complexity index is 876. The van der Waals surface area contributed by atoms with E-state index in [4.69, 9.17) is 10.5 Å². The van der Waals surface area contributed by atoms with E-state index in [2.05, 4.69) is 4.99 Å². The number of cyclic esters (lactones) is 1. The lowest BCUT2D eigenvalue weighted by Gasteiger charge is -2.18. The average molecular weight is 308 g/mol. The number of anilines is 1. The minimum Gasteiger partial charge on any atom is -0.430 e. The Labute approximate surface area is 133 Å². The molecular formula is C18H16N2O3. The Morgan fingerprint density at radius 3 is 2.57 bits per heavy atom. The van der Waals surface area contributed by atoms with Crippen molar-refractivity contribution in [3.63, 3.8) is 0 Å². The molecule has 116 valence electrons. The predicted octanol–water partition coefficient (Wildman–Crippen LogP) is 3.16. The van der Waals surface area contributed by atoms with Gasteiger partial charge in [-0.25, -0.2) is 0 Å². The van der Waals surface area contributed by atoms with Crippen LogP contribution in [0.3, 0.4) is 0 Å². The smallest absolute Gasteiger partial charge is 0.327 e. The molecule has 1 unspecified atom stereocenters. The molecule has 23 heavy (non-hydrogen) atoms. The highest BCUT2D eigenvalue weighted by atomic mass is 16.5. The van der Waals surface area contributed by atoms with Gasteiger partial charge in [-0.05, 0) is 31.4 Å². The molecule has 1 aliphatic heterocycles. The monoisotopic (exact) mass is 308 g/mol. The fourth-order valence-corrected chi connectivity index (χ4v) is 2.72. The number of nitrogen functional groups attached to an aromatic ring is 1. The van der Waals surface area contributed by atoms with Crippen molar-refractivity contribution in [1.82, 2.24) is 0 Å². The molecule has 0 amide bonds. The molecular weight excluding hydrogens is 292 g/mol. The molecule has 3 rings (SSSR count). The zero-order chi connectivity index (χ0) is 16.6. The van der Waals surface area contributed by atoms with E-state index >= 15 is 0 Å². The highest BCUT2D eigenvalue weighted by Crippen LogP contribution is 2.31. The van der Waals surface area contributed by atoms with Crippen LogP contribution in [0.25, 0.3) is 10.8 Å². The molecule has 0 saturated carbocycles. The number of nitrogens with two attached hydrogens (primary N) is 1. The molecule has 1 aliphatic rings. The number of carbonyl (C=O) groups excluding carboxylic acids is 2. The van der Waals surface area contributed by atoms with Crippen molar-refractivity contribution in [2.45, 2.75) is 13.8 Å². The topological polar surface area (TPSA) is 81.8 Å². The maximum absolute atomic E-state index is 12.1. The van der Waals surface area contributed by atoms with Crippen molar-refractivity contribution >= 4 is 39.6 Å². The van der Waals surface area contributed by atoms with Crippen molar-refractivity contribution in [3.05, 3.63) is 48.2 Å². The molecule has 5 heteroatoms. The van der Waals surface area contributed by atoms with Gasteiger partial charge in [0.25, 0.3) is 0 Å². The van der Waals surface area contributed by atoms with Gasteiger partial charge in [-0.1, -0.05) is 24.3 Å². The predicted molar refractivity (Wildman–Crippen MR) is 89.5 cm³/mol. The van der Waals surface area contributed by atoms with Gasteiger partial charge < -0.3 is 10.5 Å². The molecule has 2 aromatic rings. The van der Waals surface area contributed by atoms with Gasteiger partial charge in [-0.2, -0.15) is 0 Å². The fraction of sp³-hybridized carbons (Fsp3) is 0.167. The fourth-order valence-electron chi connectivity index (χ4n) is 2.72. The van der Waals surface area contributed by atoms with Gasteiger partial charge in [0.2, 0.25) is 0 Å². The van der Waals surface area contributed by atoms with Crippen LogP contribution in [0.5, 0.6) is 0 Å². The molecule has 0 saturated heterocycles. The van der Waals surface area contributed by atoms with Crippen LogP contribution < -0.4 is 5.73 Å². The first-order valence-electron chi connectivity index (χ1n) is 7.23. The van der Waals surface area contributed by atoms with Crippen LogP contribution in [0.4, 0.5) is 11.4 Å². The van der Waals surface area contributed by atoms with Crippen LogP contribution in [0.1, 0.15) is 13.8 Å². The summed E-state index contributed by atoms with van der Waals surface area (Å²) >= 11 is 0. The lowest BCUT2D eigenvalue weighted by atomic mass is 9.96. The number of ether oxygens (including phenoxy) is 1. The minimum atomic E-state index is -1.00. The van der Waals surface area contributed by atoms with E-state index in [1.807, 2.05) is 30.3 Å². The first-order valence-corrected chi connectivity index (χ1v) is 7.23. The zero-order valence-corrected chi connectivity index (χ0v) is 12.9. The molecule has 0 spiro atoms. The number of rotatable bonds is 2. The second-order valence-electron chi connectivity index (χ2n) is 5.49. The largest absolute Gasteiger partial charge is 0.430 e. The zero-order valence-electron chi connectivity index (χ0n) is 12.9. The van der Waals surface area contributed by atoms with Crippen LogP contribution in [-0.2, 0) is 14.3 Å². The van der Waals surface area contributed by atoms with Gasteiger partial charge in [-0.15, -0.1) is 0 Å². The van der Waals surface area contributed by atoms with Crippen LogP contribution in [0.15, 0.2) is 53.2 Å². The third kappa shape index (κ3) is 2.73. The number of esters is 1. The number of ketones is 1. The van der Waals surface area contributed by atoms with Gasteiger partial charge >= 0.3 is 5.97 Å². The van der Waals surface area contributed by atoms with Gasteiger partial charge in [-0.3, -0.25) is 14.6 Å². The maximum Gasteiger partial charge on any atom is 0.327 e. The van der Waals surface area contributed by atoms with E-state index < -0.39 is 11.9 Å². The van der Waals surface area contributed by atoms with E-state index in [0.717, 1.165) is 10.8 Å². The standard InChI is InChI=1S/C18H16N2O3/c1-10-9-15(21)16(18(22)23-10)11(2)20-14-8-4-6-12-5-3-7-13(19)17(12)14/h3-9,16H,19H2,1-2H3. The summed E-state index contributed by atoms with van der Waals surface area (Å²) < 4.78 is 5.04. The number of benzene rings is 2. The molecule has 0 aliphatic carbocycles. The molecule has 1 heterocycles. The number of aliphatic imine (C=N–C) groups is 1. The van der Waals surface area contributed by atoms with Crippen LogP contribution in [0.2, 0.25) is 0 Å². The van der Waals surface area contributed by atoms with Crippen LogP contribution >= 0.6 is 0 Å². The summed E-state index contributed by atoms with van der Waals surface area (Å²) in [5.41, 5.74) is 7.66. The number of hydrogen-bond donors (Lipinski definition) is 1. The third-order valence-corrected chi connectivity index (χ3v) is 3.76. The van der Waals surface area contributed by atoms with Crippen LogP contribution in [-0.4, -0.2) is 17.5 Å². The molecule has 2 N–H and O–H groups in total. The van der Waals surface area contributed by atoms with Crippen molar-refractivity contribution in [3.8, 4) is 0 Å². The van der Waals surface area contributed by atoms with Crippen molar-refractivity contribution in [2.24, 2.45) is 10.9 Å². The van der Waals surface area contributed by atoms with Gasteiger partial charge in [0.05, 0.1) is 5.69 Å². The maximum atomic E-state index is 12.1. The van der Waals surface area contributed by atoms with E-state index in [9.17, 15) is 9.59 Å². The molecule has 0 radical (unpaired) electrons. The van der Waals surface area contributed by atoms with E-state index in [0.29, 0.717) is 22.8 Å². The van der Waals surface area contributed by atoms with E-state index in [1.54, 1.807) is 19.9 Å². The number of nitrogens with zero attached hydrogens (tertiary/aromatic N) is 1. The Balaban J connectivity index is 2.09. The Morgan fingerprint density at radius 2 is 1.87 bits per heavy atom. The van der Waals surface area contributed by atoms with E-state index in [1.165, 1.54) is 6.08 Å². The lowest BCUT2D eigenvalue weighted by molar-refractivity contribution is -0.146. The average Bonchev–Trinajstić information content (AvgIpc) is 2.46. The van der Waals surface area contributed by atoms with E-state index in [-0.39, 0.29) is 5.78 Å². The number of carbonyl (C=O) groups is 2. The van der Waals surface area contributed by atoms with Gasteiger partial charge in [0.1, 0.15) is 5.76 Å². The van der Waals surface area contributed by atoms with Gasteiger partial charge in [0, 0.05) is 22.9 Å². The van der Waals surface area contributed by atoms with Crippen LogP contribution in [0, 0.1) is 5.92 Å². The summed E-state index contributed by atoms with van der Waals surface area (Å²) in [5, 5.41) is 1.75. The summed E-state index contributed by atoms with van der Waals surface area (Å²) in [6.07, 6.45) is 1.32. The first-order chi connectivity index (χ1) is 11.0. The lowest BCUT2D eigenvalue weighted by Crippen LogP contribution is -2.34. The number of hydrogen-bond acceptors (Lipinski definition) is 5. The SMILES string of the molecule is CC1=CC(=O)C(C(C)=Nc2cccc3cccc(N)c23)C(=O)O1. The summed E-state index contributed by atoms with van der Waals surface area (Å²) in [7, 11) is 0. The molecule has 0 aromatic heterocycles. The second kappa shape index (κ2) is 5.68. The molecule has 1 atom stereocenters. The quantitative estimate of drug-likeness (QED) is 0.400. The molecule has 5 nitrogen and oxygen atoms in total. The molecule has 0 bridgehead atoms. The first kappa shape index (κ1) is 15.0. The highest BCUT2D eigenvalue weighted by molar-refractivity contribution is 6.23. The van der Waals surface area contributed by atoms with Crippen molar-refractivity contribution < 1.29 is 14.3 Å². The highest BCUT2D eigenvalue weighted by Gasteiger charge is 2.33. The number of allylic oxidation sites excluding steroid dienone is 2. The summed E-state index contributed by atoms with van der Waals surface area (Å²) in [6.45, 7) is 3.22. The summed E-state index contributed by atoms with van der Waals surface area (Å²) in [5.74, 6) is -1.60. The summed E-state index contributed by atoms with van der Waals surface area (Å²) in [4.78, 5) is 28.6. The molecule has 0 fully saturated rings. The van der Waals surface area contributed by atoms with Crippen molar-refractivity contribution in [2.75, 3.05) is 5.73 Å².